The van der Waals surface area contributed by atoms with Crippen LogP contribution in [0.15, 0.2) is 23.1 Å². The quantitative estimate of drug-likeness (QED) is 0.700. The minimum atomic E-state index is -0.0470. The Kier molecular flexibility index (Phi) is 5.01. The molecule has 0 aromatic carbocycles. The van der Waals surface area contributed by atoms with Gasteiger partial charge in [-0.2, -0.15) is 0 Å². The molecule has 3 N–H and O–H groups in total. The number of nitrogens with zero attached hydrogens (tertiary/aromatic N) is 2. The van der Waals surface area contributed by atoms with Crippen molar-refractivity contribution in [2.75, 3.05) is 32.0 Å². The second-order valence-corrected chi connectivity index (χ2v) is 3.65. The second kappa shape index (κ2) is 6.30. The fourth-order valence-corrected chi connectivity index (χ4v) is 1.54. The molecule has 0 fully saturated rings. The number of nitrogens with two attached hydrogens (primary N) is 1. The zero-order chi connectivity index (χ0) is 12.0. The van der Waals surface area contributed by atoms with Crippen molar-refractivity contribution in [2.24, 2.45) is 0 Å². The van der Waals surface area contributed by atoms with Gasteiger partial charge in [-0.3, -0.25) is 9.69 Å². The summed E-state index contributed by atoms with van der Waals surface area (Å²) >= 11 is 0. The van der Waals surface area contributed by atoms with Crippen LogP contribution in [-0.4, -0.2) is 40.8 Å². The first-order chi connectivity index (χ1) is 7.67. The topological polar surface area (TPSA) is 71.5 Å². The van der Waals surface area contributed by atoms with Gasteiger partial charge < -0.3 is 15.4 Å². The van der Waals surface area contributed by atoms with Gasteiger partial charge in [-0.1, -0.05) is 6.92 Å². The standard InChI is InChI=1S/C11H19N3O2/c1-2-13(7-8-15)5-6-14-9-10(12)3-4-11(14)16/h3-4,9,15H,2,5-8,12H2,1H3. The van der Waals surface area contributed by atoms with E-state index in [1.54, 1.807) is 16.8 Å². The lowest BCUT2D eigenvalue weighted by Gasteiger charge is -2.19. The monoisotopic (exact) mass is 225 g/mol. The third kappa shape index (κ3) is 3.67. The van der Waals surface area contributed by atoms with Gasteiger partial charge >= 0.3 is 0 Å². The summed E-state index contributed by atoms with van der Waals surface area (Å²) in [6, 6.07) is 3.07. The highest BCUT2D eigenvalue weighted by atomic mass is 16.3. The first-order valence-corrected chi connectivity index (χ1v) is 5.46. The largest absolute Gasteiger partial charge is 0.398 e. The fraction of sp³-hybridized carbons (Fsp3) is 0.545. The predicted octanol–water partition coefficient (Wildman–Crippen LogP) is -0.255. The van der Waals surface area contributed by atoms with Crippen molar-refractivity contribution < 1.29 is 5.11 Å². The van der Waals surface area contributed by atoms with Crippen LogP contribution in [0, 0.1) is 0 Å². The lowest BCUT2D eigenvalue weighted by Crippen LogP contribution is -2.32. The van der Waals surface area contributed by atoms with E-state index in [2.05, 4.69) is 4.90 Å². The van der Waals surface area contributed by atoms with Crippen LogP contribution in [0.3, 0.4) is 0 Å². The molecule has 0 unspecified atom stereocenters. The Morgan fingerprint density at radius 2 is 2.19 bits per heavy atom. The molecule has 0 aliphatic heterocycles. The van der Waals surface area contributed by atoms with E-state index in [-0.39, 0.29) is 12.2 Å². The lowest BCUT2D eigenvalue weighted by molar-refractivity contribution is 0.197. The van der Waals surface area contributed by atoms with Gasteiger partial charge in [-0.05, 0) is 12.6 Å². The van der Waals surface area contributed by atoms with E-state index in [1.807, 2.05) is 6.92 Å². The van der Waals surface area contributed by atoms with Crippen LogP contribution < -0.4 is 11.3 Å². The highest BCUT2D eigenvalue weighted by Gasteiger charge is 2.02. The average molecular weight is 225 g/mol. The summed E-state index contributed by atoms with van der Waals surface area (Å²) < 4.78 is 1.59. The lowest BCUT2D eigenvalue weighted by atomic mass is 10.4. The molecule has 5 nitrogen and oxygen atoms in total. The van der Waals surface area contributed by atoms with E-state index < -0.39 is 0 Å². The van der Waals surface area contributed by atoms with Crippen LogP contribution in [0.5, 0.6) is 0 Å². The van der Waals surface area contributed by atoms with Crippen LogP contribution in [-0.2, 0) is 6.54 Å². The SMILES string of the molecule is CCN(CCO)CCn1cc(N)ccc1=O. The summed E-state index contributed by atoms with van der Waals surface area (Å²) in [5.41, 5.74) is 6.15. The van der Waals surface area contributed by atoms with Crippen LogP contribution in [0.4, 0.5) is 5.69 Å². The maximum atomic E-state index is 11.5. The van der Waals surface area contributed by atoms with Gasteiger partial charge in [0.1, 0.15) is 0 Å². The third-order valence-electron chi connectivity index (χ3n) is 2.53. The molecule has 0 spiro atoms. The number of anilines is 1. The Hall–Kier alpha value is -1.33. The van der Waals surface area contributed by atoms with Gasteiger partial charge in [-0.15, -0.1) is 0 Å². The highest BCUT2D eigenvalue weighted by molar-refractivity contribution is 5.33. The molecule has 1 aromatic rings. The van der Waals surface area contributed by atoms with Crippen molar-refractivity contribution in [1.29, 1.82) is 0 Å². The molecule has 16 heavy (non-hydrogen) atoms. The van der Waals surface area contributed by atoms with E-state index >= 15 is 0 Å². The Morgan fingerprint density at radius 1 is 1.44 bits per heavy atom. The molecular formula is C11H19N3O2. The smallest absolute Gasteiger partial charge is 0.250 e. The number of nitrogen functional groups attached to an aromatic ring is 1. The number of hydrogen-bond acceptors (Lipinski definition) is 4. The molecule has 90 valence electrons. The normalized spacial score (nSPS) is 10.9. The summed E-state index contributed by atoms with van der Waals surface area (Å²) in [6.45, 7) is 4.99. The zero-order valence-electron chi connectivity index (χ0n) is 9.59. The summed E-state index contributed by atoms with van der Waals surface area (Å²) in [5, 5.41) is 8.83. The van der Waals surface area contributed by atoms with Crippen LogP contribution in [0.2, 0.25) is 0 Å². The number of rotatable bonds is 6. The first kappa shape index (κ1) is 12.7. The van der Waals surface area contributed by atoms with Crippen molar-refractivity contribution in [3.8, 4) is 0 Å². The molecule has 0 aliphatic rings. The van der Waals surface area contributed by atoms with Crippen LogP contribution >= 0.6 is 0 Å². The molecule has 0 amide bonds. The molecule has 0 aliphatic carbocycles. The Bertz CT molecular complexity index is 376. The number of aromatic nitrogens is 1. The number of aliphatic hydroxyl groups excluding tert-OH is 1. The maximum absolute atomic E-state index is 11.5. The number of aliphatic hydroxyl groups is 1. The van der Waals surface area contributed by atoms with Gasteiger partial charge in [0.15, 0.2) is 0 Å². The van der Waals surface area contributed by atoms with E-state index in [0.29, 0.717) is 18.8 Å². The van der Waals surface area contributed by atoms with Crippen molar-refractivity contribution in [3.05, 3.63) is 28.7 Å². The molecule has 1 rings (SSSR count). The van der Waals surface area contributed by atoms with Gasteiger partial charge in [0, 0.05) is 37.6 Å². The highest BCUT2D eigenvalue weighted by Crippen LogP contribution is 1.96. The van der Waals surface area contributed by atoms with Crippen molar-refractivity contribution in [2.45, 2.75) is 13.5 Å². The Balaban J connectivity index is 2.59. The minimum absolute atomic E-state index is 0.0470. The molecular weight excluding hydrogens is 206 g/mol. The molecule has 0 saturated carbocycles. The molecule has 0 bridgehead atoms. The molecule has 1 aromatic heterocycles. The van der Waals surface area contributed by atoms with E-state index in [0.717, 1.165) is 13.1 Å². The van der Waals surface area contributed by atoms with E-state index in [1.165, 1.54) is 6.07 Å². The van der Waals surface area contributed by atoms with Gasteiger partial charge in [0.2, 0.25) is 0 Å². The Labute approximate surface area is 95.1 Å². The molecule has 5 heteroatoms. The summed E-state index contributed by atoms with van der Waals surface area (Å²) in [7, 11) is 0. The van der Waals surface area contributed by atoms with Crippen molar-refractivity contribution >= 4 is 5.69 Å². The van der Waals surface area contributed by atoms with Crippen molar-refractivity contribution in [3.63, 3.8) is 0 Å². The van der Waals surface area contributed by atoms with Gasteiger partial charge in [-0.25, -0.2) is 0 Å². The summed E-state index contributed by atoms with van der Waals surface area (Å²) in [6.07, 6.45) is 1.65. The molecule has 1 heterocycles. The zero-order valence-corrected chi connectivity index (χ0v) is 9.59. The van der Waals surface area contributed by atoms with Gasteiger partial charge in [0.25, 0.3) is 5.56 Å². The van der Waals surface area contributed by atoms with E-state index in [9.17, 15) is 4.79 Å². The Morgan fingerprint density at radius 3 is 2.81 bits per heavy atom. The first-order valence-electron chi connectivity index (χ1n) is 5.46. The second-order valence-electron chi connectivity index (χ2n) is 3.65. The van der Waals surface area contributed by atoms with Crippen molar-refractivity contribution in [1.82, 2.24) is 9.47 Å². The average Bonchev–Trinajstić information content (AvgIpc) is 2.28. The number of hydrogen-bond donors (Lipinski definition) is 2. The van der Waals surface area contributed by atoms with Crippen LogP contribution in [0.25, 0.3) is 0 Å². The molecule has 0 saturated heterocycles. The third-order valence-corrected chi connectivity index (χ3v) is 2.53. The predicted molar refractivity (Wildman–Crippen MR) is 64.3 cm³/mol. The number of likely N-dealkylation sites (N-methyl/N-ethyl adjacent to an activating group) is 1. The summed E-state index contributed by atoms with van der Waals surface area (Å²) in [4.78, 5) is 13.5. The minimum Gasteiger partial charge on any atom is -0.398 e. The van der Waals surface area contributed by atoms with Crippen LogP contribution in [0.1, 0.15) is 6.92 Å². The fourth-order valence-electron chi connectivity index (χ4n) is 1.54. The summed E-state index contributed by atoms with van der Waals surface area (Å²) in [5.74, 6) is 0. The number of pyridine rings is 1. The molecule has 0 atom stereocenters. The van der Waals surface area contributed by atoms with Gasteiger partial charge in [0.05, 0.1) is 6.61 Å². The van der Waals surface area contributed by atoms with E-state index in [4.69, 9.17) is 10.8 Å². The maximum Gasteiger partial charge on any atom is 0.250 e. The molecule has 0 radical (unpaired) electrons.